The molecule has 1 aromatic rings. The zero-order valence-corrected chi connectivity index (χ0v) is 13.2. The molecule has 1 heterocycles. The van der Waals surface area contributed by atoms with Crippen molar-refractivity contribution >= 4 is 5.69 Å². The van der Waals surface area contributed by atoms with Crippen LogP contribution in [0.1, 0.15) is 18.6 Å². The summed E-state index contributed by atoms with van der Waals surface area (Å²) in [7, 11) is 4.16. The van der Waals surface area contributed by atoms with Gasteiger partial charge in [-0.25, -0.2) is 4.39 Å². The number of rotatable bonds is 5. The Morgan fingerprint density at radius 3 is 2.43 bits per heavy atom. The van der Waals surface area contributed by atoms with Crippen molar-refractivity contribution in [3.63, 3.8) is 0 Å². The summed E-state index contributed by atoms with van der Waals surface area (Å²) >= 11 is 0. The van der Waals surface area contributed by atoms with Crippen LogP contribution in [0.2, 0.25) is 0 Å². The molecule has 1 saturated heterocycles. The molecule has 1 atom stereocenters. The van der Waals surface area contributed by atoms with E-state index in [1.165, 1.54) is 6.07 Å². The van der Waals surface area contributed by atoms with E-state index in [-0.39, 0.29) is 5.82 Å². The number of aliphatic hydroxyl groups is 1. The summed E-state index contributed by atoms with van der Waals surface area (Å²) in [6.45, 7) is 7.38. The maximum Gasteiger partial charge on any atom is 0.146 e. The molecule has 1 aromatic carbocycles. The summed E-state index contributed by atoms with van der Waals surface area (Å²) in [4.78, 5) is 6.69. The molecule has 0 aromatic heterocycles. The molecule has 1 N–H and O–H groups in total. The molecule has 4 nitrogen and oxygen atoms in total. The van der Waals surface area contributed by atoms with Gasteiger partial charge in [0, 0.05) is 39.3 Å². The highest BCUT2D eigenvalue weighted by Gasteiger charge is 2.19. The predicted molar refractivity (Wildman–Crippen MR) is 84.2 cm³/mol. The molecule has 2 rings (SSSR count). The molecule has 0 radical (unpaired) electrons. The number of hydrogen-bond acceptors (Lipinski definition) is 4. The topological polar surface area (TPSA) is 30.0 Å². The summed E-state index contributed by atoms with van der Waals surface area (Å²) in [5.41, 5.74) is 1.27. The van der Waals surface area contributed by atoms with Crippen LogP contribution < -0.4 is 4.90 Å². The number of likely N-dealkylation sites (N-methyl/N-ethyl adjacent to an activating group) is 1. The van der Waals surface area contributed by atoms with Crippen molar-refractivity contribution in [1.82, 2.24) is 9.80 Å². The molecule has 1 aliphatic rings. The van der Waals surface area contributed by atoms with Crippen LogP contribution in [0.25, 0.3) is 0 Å². The normalized spacial score (nSPS) is 18.3. The molecule has 0 aliphatic carbocycles. The van der Waals surface area contributed by atoms with E-state index in [4.69, 9.17) is 0 Å². The zero-order valence-electron chi connectivity index (χ0n) is 13.2. The number of anilines is 1. The maximum absolute atomic E-state index is 14.2. The lowest BCUT2D eigenvalue weighted by atomic mass is 10.1. The van der Waals surface area contributed by atoms with Crippen LogP contribution in [0.15, 0.2) is 18.2 Å². The molecular formula is C16H26FN3O. The van der Waals surface area contributed by atoms with E-state index in [1.54, 1.807) is 13.0 Å². The molecule has 5 heteroatoms. The van der Waals surface area contributed by atoms with Gasteiger partial charge in [0.15, 0.2) is 0 Å². The minimum atomic E-state index is -0.628. The number of nitrogens with zero attached hydrogens (tertiary/aromatic N) is 3. The SMILES string of the molecule is CC(O)c1ccc(N2CCN(CCN(C)C)CC2)c(F)c1. The standard InChI is InChI=1S/C16H26FN3O/c1-13(21)14-4-5-16(15(17)12-14)20-10-8-19(9-11-20)7-6-18(2)3/h4-5,12-13,21H,6-11H2,1-3H3. The van der Waals surface area contributed by atoms with Crippen LogP contribution in [-0.4, -0.2) is 68.3 Å². The summed E-state index contributed by atoms with van der Waals surface area (Å²) in [5.74, 6) is -0.241. The van der Waals surface area contributed by atoms with Gasteiger partial charge in [-0.1, -0.05) is 6.07 Å². The lowest BCUT2D eigenvalue weighted by Gasteiger charge is -2.36. The van der Waals surface area contributed by atoms with Crippen molar-refractivity contribution in [2.24, 2.45) is 0 Å². The van der Waals surface area contributed by atoms with E-state index in [0.717, 1.165) is 39.3 Å². The maximum atomic E-state index is 14.2. The highest BCUT2D eigenvalue weighted by molar-refractivity contribution is 5.50. The highest BCUT2D eigenvalue weighted by Crippen LogP contribution is 2.24. The Bertz CT molecular complexity index is 457. The van der Waals surface area contributed by atoms with Gasteiger partial charge in [-0.05, 0) is 38.7 Å². The molecule has 0 bridgehead atoms. The second kappa shape index (κ2) is 7.20. The van der Waals surface area contributed by atoms with Gasteiger partial charge in [0.1, 0.15) is 5.82 Å². The molecule has 0 amide bonds. The lowest BCUT2D eigenvalue weighted by molar-refractivity contribution is 0.199. The molecule has 1 aliphatic heterocycles. The second-order valence-electron chi connectivity index (χ2n) is 6.02. The number of aliphatic hydroxyl groups excluding tert-OH is 1. The largest absolute Gasteiger partial charge is 0.389 e. The van der Waals surface area contributed by atoms with E-state index < -0.39 is 6.10 Å². The first-order valence-electron chi connectivity index (χ1n) is 7.57. The first-order valence-corrected chi connectivity index (χ1v) is 7.57. The predicted octanol–water partition coefficient (Wildman–Crippen LogP) is 1.56. The molecular weight excluding hydrogens is 269 g/mol. The van der Waals surface area contributed by atoms with Crippen LogP contribution in [0, 0.1) is 5.82 Å². The van der Waals surface area contributed by atoms with Gasteiger partial charge in [0.05, 0.1) is 11.8 Å². The summed E-state index contributed by atoms with van der Waals surface area (Å²) in [6, 6.07) is 5.03. The summed E-state index contributed by atoms with van der Waals surface area (Å²) in [6.07, 6.45) is -0.628. The van der Waals surface area contributed by atoms with E-state index in [1.807, 2.05) is 6.07 Å². The van der Waals surface area contributed by atoms with E-state index in [0.29, 0.717) is 11.3 Å². The van der Waals surface area contributed by atoms with Gasteiger partial charge < -0.3 is 14.9 Å². The smallest absolute Gasteiger partial charge is 0.146 e. The third kappa shape index (κ3) is 4.40. The van der Waals surface area contributed by atoms with Crippen molar-refractivity contribution in [3.05, 3.63) is 29.6 Å². The van der Waals surface area contributed by atoms with E-state index in [9.17, 15) is 9.50 Å². The van der Waals surface area contributed by atoms with Crippen molar-refractivity contribution in [2.45, 2.75) is 13.0 Å². The Labute approximate surface area is 126 Å². The molecule has 21 heavy (non-hydrogen) atoms. The molecule has 1 fully saturated rings. The fraction of sp³-hybridized carbons (Fsp3) is 0.625. The lowest BCUT2D eigenvalue weighted by Crippen LogP contribution is -2.48. The Morgan fingerprint density at radius 2 is 1.90 bits per heavy atom. The van der Waals surface area contributed by atoms with Gasteiger partial charge >= 0.3 is 0 Å². The highest BCUT2D eigenvalue weighted by atomic mass is 19.1. The average molecular weight is 295 g/mol. The van der Waals surface area contributed by atoms with Crippen LogP contribution in [-0.2, 0) is 0 Å². The van der Waals surface area contributed by atoms with E-state index >= 15 is 0 Å². The fourth-order valence-corrected chi connectivity index (χ4v) is 2.59. The molecule has 1 unspecified atom stereocenters. The monoisotopic (exact) mass is 295 g/mol. The Morgan fingerprint density at radius 1 is 1.24 bits per heavy atom. The van der Waals surface area contributed by atoms with Crippen LogP contribution in [0.3, 0.4) is 0 Å². The fourth-order valence-electron chi connectivity index (χ4n) is 2.59. The number of piperazine rings is 1. The van der Waals surface area contributed by atoms with Crippen LogP contribution >= 0.6 is 0 Å². The molecule has 0 spiro atoms. The summed E-state index contributed by atoms with van der Waals surface area (Å²) in [5, 5.41) is 9.50. The minimum absolute atomic E-state index is 0.241. The minimum Gasteiger partial charge on any atom is -0.389 e. The number of benzene rings is 1. The summed E-state index contributed by atoms with van der Waals surface area (Å²) < 4.78 is 14.2. The molecule has 118 valence electrons. The van der Waals surface area contributed by atoms with Crippen molar-refractivity contribution in [2.75, 3.05) is 58.3 Å². The van der Waals surface area contributed by atoms with Gasteiger partial charge in [-0.2, -0.15) is 0 Å². The van der Waals surface area contributed by atoms with Gasteiger partial charge in [0.25, 0.3) is 0 Å². The van der Waals surface area contributed by atoms with Crippen molar-refractivity contribution in [1.29, 1.82) is 0 Å². The van der Waals surface area contributed by atoms with Gasteiger partial charge in [0.2, 0.25) is 0 Å². The zero-order chi connectivity index (χ0) is 15.4. The molecule has 0 saturated carbocycles. The van der Waals surface area contributed by atoms with Gasteiger partial charge in [-0.15, -0.1) is 0 Å². The third-order valence-electron chi connectivity index (χ3n) is 4.03. The third-order valence-corrected chi connectivity index (χ3v) is 4.03. The van der Waals surface area contributed by atoms with Crippen molar-refractivity contribution in [3.8, 4) is 0 Å². The van der Waals surface area contributed by atoms with Crippen LogP contribution in [0.5, 0.6) is 0 Å². The van der Waals surface area contributed by atoms with E-state index in [2.05, 4.69) is 28.8 Å². The van der Waals surface area contributed by atoms with Gasteiger partial charge in [-0.3, -0.25) is 4.90 Å². The quantitative estimate of drug-likeness (QED) is 0.893. The van der Waals surface area contributed by atoms with Crippen molar-refractivity contribution < 1.29 is 9.50 Å². The number of hydrogen-bond donors (Lipinski definition) is 1. The second-order valence-corrected chi connectivity index (χ2v) is 6.02. The average Bonchev–Trinajstić information content (AvgIpc) is 2.45. The van der Waals surface area contributed by atoms with Crippen LogP contribution in [0.4, 0.5) is 10.1 Å². The Hall–Kier alpha value is -1.17. The Balaban J connectivity index is 1.93. The first kappa shape index (κ1) is 16.2. The Kier molecular flexibility index (Phi) is 5.56. The number of halogens is 1. The first-order chi connectivity index (χ1) is 9.97.